The Morgan fingerprint density at radius 3 is 2.64 bits per heavy atom. The summed E-state index contributed by atoms with van der Waals surface area (Å²) in [5.41, 5.74) is 8.18. The van der Waals surface area contributed by atoms with Crippen LogP contribution in [0.5, 0.6) is 5.75 Å². The first-order chi connectivity index (χ1) is 15.7. The van der Waals surface area contributed by atoms with Gasteiger partial charge in [-0.05, 0) is 31.0 Å². The molecule has 1 fully saturated rings. The van der Waals surface area contributed by atoms with Gasteiger partial charge in [-0.3, -0.25) is 4.79 Å². The third-order valence-corrected chi connectivity index (χ3v) is 6.22. The van der Waals surface area contributed by atoms with E-state index in [1.807, 2.05) is 6.92 Å². The fraction of sp³-hybridized carbons (Fsp3) is 0.409. The van der Waals surface area contributed by atoms with Crippen LogP contribution in [0, 0.1) is 13.5 Å². The Balaban J connectivity index is 1.90. The number of amides is 1. The van der Waals surface area contributed by atoms with Gasteiger partial charge in [-0.25, -0.2) is 28.3 Å². The summed E-state index contributed by atoms with van der Waals surface area (Å²) in [4.78, 5) is 25.0. The van der Waals surface area contributed by atoms with Gasteiger partial charge in [-0.2, -0.15) is 5.10 Å². The number of aromatic nitrogens is 4. The zero-order valence-electron chi connectivity index (χ0n) is 18.6. The lowest BCUT2D eigenvalue weighted by atomic mass is 9.84. The predicted molar refractivity (Wildman–Crippen MR) is 117 cm³/mol. The second-order valence-corrected chi connectivity index (χ2v) is 8.05. The second kappa shape index (κ2) is 8.27. The lowest BCUT2D eigenvalue weighted by molar-refractivity contribution is -0.133. The van der Waals surface area contributed by atoms with E-state index in [9.17, 15) is 13.6 Å². The molecule has 1 unspecified atom stereocenters. The van der Waals surface area contributed by atoms with Gasteiger partial charge in [0.2, 0.25) is 5.91 Å². The molecule has 0 bridgehead atoms. The summed E-state index contributed by atoms with van der Waals surface area (Å²) in [7, 11) is 1.53. The third-order valence-electron chi connectivity index (χ3n) is 6.22. The van der Waals surface area contributed by atoms with Crippen molar-refractivity contribution in [3.05, 3.63) is 46.2 Å². The molecular formula is C22H23F2N7O2. The van der Waals surface area contributed by atoms with Crippen LogP contribution in [-0.2, 0) is 4.79 Å². The number of methoxy groups -OCH3 is 1. The maximum absolute atomic E-state index is 13.7. The van der Waals surface area contributed by atoms with Gasteiger partial charge < -0.3 is 15.4 Å². The summed E-state index contributed by atoms with van der Waals surface area (Å²) < 4.78 is 34.6. The quantitative estimate of drug-likeness (QED) is 0.588. The van der Waals surface area contributed by atoms with Crippen molar-refractivity contribution in [2.24, 2.45) is 0 Å². The summed E-state index contributed by atoms with van der Waals surface area (Å²) in [6.07, 6.45) is -1.67. The van der Waals surface area contributed by atoms with E-state index in [-0.39, 0.29) is 28.7 Å². The van der Waals surface area contributed by atoms with Crippen LogP contribution in [0.1, 0.15) is 54.6 Å². The smallest absolute Gasteiger partial charge is 0.282 e. The Kier molecular flexibility index (Phi) is 5.61. The highest BCUT2D eigenvalue weighted by Gasteiger charge is 2.35. The highest BCUT2D eigenvalue weighted by molar-refractivity contribution is 5.88. The molecule has 1 saturated heterocycles. The number of rotatable bonds is 5. The van der Waals surface area contributed by atoms with Crippen molar-refractivity contribution >= 4 is 28.4 Å². The molecule has 0 saturated carbocycles. The van der Waals surface area contributed by atoms with Crippen LogP contribution in [0.15, 0.2) is 12.4 Å². The molecule has 2 aromatic heterocycles. The van der Waals surface area contributed by atoms with Gasteiger partial charge in [0.05, 0.1) is 25.1 Å². The van der Waals surface area contributed by atoms with Crippen molar-refractivity contribution in [3.63, 3.8) is 0 Å². The highest BCUT2D eigenvalue weighted by atomic mass is 19.3. The fourth-order valence-corrected chi connectivity index (χ4v) is 4.43. The first-order valence-corrected chi connectivity index (χ1v) is 10.3. The normalized spacial score (nSPS) is 14.9. The minimum Gasteiger partial charge on any atom is -0.496 e. The maximum atomic E-state index is 13.7. The Morgan fingerprint density at radius 1 is 1.36 bits per heavy atom. The molecule has 4 rings (SSSR count). The van der Waals surface area contributed by atoms with Crippen molar-refractivity contribution in [3.8, 4) is 5.75 Å². The summed E-state index contributed by atoms with van der Waals surface area (Å²) in [6.45, 7) is 13.8. The predicted octanol–water partition coefficient (Wildman–Crippen LogP) is 3.77. The summed E-state index contributed by atoms with van der Waals surface area (Å²) in [5.74, 6) is 0.453. The molecule has 11 heteroatoms. The van der Waals surface area contributed by atoms with E-state index in [0.717, 1.165) is 11.1 Å². The average molecular weight is 455 g/mol. The Hall–Kier alpha value is -3.81. The molecule has 3 aromatic rings. The Labute approximate surface area is 189 Å². The molecule has 0 spiro atoms. The number of carbonyl (C=O) groups is 1. The molecule has 172 valence electrons. The van der Waals surface area contributed by atoms with E-state index in [2.05, 4.69) is 19.9 Å². The van der Waals surface area contributed by atoms with Gasteiger partial charge >= 0.3 is 0 Å². The lowest BCUT2D eigenvalue weighted by Crippen LogP contribution is -2.47. The van der Waals surface area contributed by atoms with Gasteiger partial charge in [-0.15, -0.1) is 0 Å². The number of nitrogens with zero attached hydrogens (tertiary/aromatic N) is 6. The molecule has 1 aliphatic rings. The van der Waals surface area contributed by atoms with Crippen LogP contribution in [0.25, 0.3) is 15.9 Å². The maximum Gasteiger partial charge on any atom is 0.282 e. The van der Waals surface area contributed by atoms with Crippen LogP contribution in [0.3, 0.4) is 0 Å². The number of alkyl halides is 2. The first kappa shape index (κ1) is 22.4. The molecule has 0 radical (unpaired) electrons. The van der Waals surface area contributed by atoms with Crippen molar-refractivity contribution in [1.82, 2.24) is 24.6 Å². The number of nitrogens with two attached hydrogens (primary N) is 1. The molecule has 1 atom stereocenters. The van der Waals surface area contributed by atoms with E-state index < -0.39 is 18.2 Å². The molecule has 1 aromatic carbocycles. The molecule has 3 heterocycles. The number of ether oxygens (including phenoxy) is 1. The Morgan fingerprint density at radius 2 is 2.06 bits per heavy atom. The van der Waals surface area contributed by atoms with E-state index in [0.29, 0.717) is 30.1 Å². The van der Waals surface area contributed by atoms with Gasteiger partial charge in [-0.1, -0.05) is 0 Å². The van der Waals surface area contributed by atoms with E-state index in [1.54, 1.807) is 17.9 Å². The van der Waals surface area contributed by atoms with Crippen LogP contribution in [-0.4, -0.2) is 50.8 Å². The number of halogens is 2. The monoisotopic (exact) mass is 455 g/mol. The van der Waals surface area contributed by atoms with Crippen LogP contribution >= 0.6 is 0 Å². The second-order valence-electron chi connectivity index (χ2n) is 8.05. The fourth-order valence-electron chi connectivity index (χ4n) is 4.43. The number of hydrogen-bond acceptors (Lipinski definition) is 6. The first-order valence-electron chi connectivity index (χ1n) is 10.3. The molecule has 2 N–H and O–H groups in total. The van der Waals surface area contributed by atoms with Gasteiger partial charge in [0.15, 0.2) is 11.3 Å². The molecule has 33 heavy (non-hydrogen) atoms. The number of hydrogen-bond donors (Lipinski definition) is 1. The molecule has 1 amide bonds. The van der Waals surface area contributed by atoms with Crippen molar-refractivity contribution in [1.29, 1.82) is 0 Å². The van der Waals surface area contributed by atoms with Gasteiger partial charge in [0.25, 0.3) is 6.43 Å². The third kappa shape index (κ3) is 3.51. The molecule has 1 aliphatic heterocycles. The minimum absolute atomic E-state index is 0.000426. The lowest BCUT2D eigenvalue weighted by Gasteiger charge is -2.40. The minimum atomic E-state index is -2.86. The van der Waals surface area contributed by atoms with Crippen molar-refractivity contribution < 1.29 is 18.3 Å². The van der Waals surface area contributed by atoms with E-state index in [4.69, 9.17) is 17.0 Å². The standard InChI is InChI=1S/C22H23F2N7O2/c1-10-15(26-4)6-14(19(33-5)16(10)13-7-30(8-13)12(3)32)11(2)31-22-17(18(29-31)20(23)24)21(25)27-9-28-22/h6,9,11,13,20H,7-8H2,1-3,5H3,(H2,25,27,28). The molecule has 0 aliphatic carbocycles. The van der Waals surface area contributed by atoms with Crippen LogP contribution < -0.4 is 10.5 Å². The number of carbonyl (C=O) groups excluding carboxylic acids is 1. The van der Waals surface area contributed by atoms with Crippen molar-refractivity contribution in [2.45, 2.75) is 39.2 Å². The number of likely N-dealkylation sites (tertiary alicyclic amines) is 1. The zero-order chi connectivity index (χ0) is 24.0. The van der Waals surface area contributed by atoms with Crippen molar-refractivity contribution in [2.75, 3.05) is 25.9 Å². The SMILES string of the molecule is [C-]#[N+]c1cc(C(C)n2nc(C(F)F)c3c(N)ncnc32)c(OC)c(C2CN(C(C)=O)C2)c1C. The largest absolute Gasteiger partial charge is 0.496 e. The highest BCUT2D eigenvalue weighted by Crippen LogP contribution is 2.45. The van der Waals surface area contributed by atoms with Crippen LogP contribution in [0.2, 0.25) is 0 Å². The molecule has 9 nitrogen and oxygen atoms in total. The van der Waals surface area contributed by atoms with Gasteiger partial charge in [0, 0.05) is 31.5 Å². The number of benzene rings is 1. The van der Waals surface area contributed by atoms with Gasteiger partial charge in [0.1, 0.15) is 23.6 Å². The number of fused-ring (bicyclic) bond motifs is 1. The number of anilines is 1. The van der Waals surface area contributed by atoms with E-state index in [1.165, 1.54) is 25.0 Å². The topological polar surface area (TPSA) is 104 Å². The zero-order valence-corrected chi connectivity index (χ0v) is 18.6. The summed E-state index contributed by atoms with van der Waals surface area (Å²) in [6, 6.07) is 1.09. The summed E-state index contributed by atoms with van der Waals surface area (Å²) >= 11 is 0. The number of nitrogen functional groups attached to an aromatic ring is 1. The Bertz CT molecular complexity index is 1290. The van der Waals surface area contributed by atoms with E-state index >= 15 is 0 Å². The summed E-state index contributed by atoms with van der Waals surface area (Å²) in [5, 5.41) is 4.13. The van der Waals surface area contributed by atoms with Crippen LogP contribution in [0.4, 0.5) is 20.3 Å². The molecular weight excluding hydrogens is 432 g/mol. The average Bonchev–Trinajstić information content (AvgIpc) is 3.14.